The van der Waals surface area contributed by atoms with Crippen molar-refractivity contribution in [3.8, 4) is 0 Å². The lowest BCUT2D eigenvalue weighted by molar-refractivity contribution is 0.130. The van der Waals surface area contributed by atoms with Crippen LogP contribution in [-0.4, -0.2) is 10.1 Å². The highest BCUT2D eigenvalue weighted by molar-refractivity contribution is 5.28. The van der Waals surface area contributed by atoms with Gasteiger partial charge in [0.25, 0.3) is 0 Å². The molecule has 2 unspecified atom stereocenters. The van der Waals surface area contributed by atoms with E-state index in [9.17, 15) is 9.50 Å². The van der Waals surface area contributed by atoms with Crippen LogP contribution in [0, 0.1) is 11.7 Å². The first kappa shape index (κ1) is 7.68. The van der Waals surface area contributed by atoms with Gasteiger partial charge in [-0.15, -0.1) is 0 Å². The van der Waals surface area contributed by atoms with E-state index in [1.165, 1.54) is 6.20 Å². The SMILES string of the molecule is CC1CC1(O)c1ccncc1F. The zero-order valence-electron chi connectivity index (χ0n) is 6.79. The van der Waals surface area contributed by atoms with Gasteiger partial charge in [0.15, 0.2) is 0 Å². The minimum absolute atomic E-state index is 0.161. The van der Waals surface area contributed by atoms with Gasteiger partial charge in [0, 0.05) is 11.8 Å². The summed E-state index contributed by atoms with van der Waals surface area (Å²) in [5.74, 6) is -0.251. The second-order valence-electron chi connectivity index (χ2n) is 3.38. The maximum atomic E-state index is 13.1. The minimum atomic E-state index is -0.924. The lowest BCUT2D eigenvalue weighted by Crippen LogP contribution is -2.10. The van der Waals surface area contributed by atoms with Gasteiger partial charge in [0.2, 0.25) is 0 Å². The lowest BCUT2D eigenvalue weighted by Gasteiger charge is -2.09. The number of aromatic nitrogens is 1. The van der Waals surface area contributed by atoms with Crippen molar-refractivity contribution in [3.05, 3.63) is 29.8 Å². The summed E-state index contributed by atoms with van der Waals surface area (Å²) in [6, 6.07) is 1.54. The molecule has 2 rings (SSSR count). The van der Waals surface area contributed by atoms with E-state index >= 15 is 0 Å². The predicted molar refractivity (Wildman–Crippen MR) is 41.9 cm³/mol. The van der Waals surface area contributed by atoms with Gasteiger partial charge in [-0.05, 0) is 18.4 Å². The van der Waals surface area contributed by atoms with Gasteiger partial charge in [0.05, 0.1) is 11.8 Å². The standard InChI is InChI=1S/C9H10FNO/c1-6-4-9(6,12)7-2-3-11-5-8(7)10/h2-3,5-6,12H,4H2,1H3. The third-order valence-corrected chi connectivity index (χ3v) is 2.51. The van der Waals surface area contributed by atoms with Crippen LogP contribution in [0.3, 0.4) is 0 Å². The number of hydrogen-bond acceptors (Lipinski definition) is 2. The highest BCUT2D eigenvalue weighted by Gasteiger charge is 2.52. The largest absolute Gasteiger partial charge is 0.385 e. The van der Waals surface area contributed by atoms with Crippen LogP contribution in [0.4, 0.5) is 4.39 Å². The van der Waals surface area contributed by atoms with E-state index in [1.807, 2.05) is 6.92 Å². The summed E-state index contributed by atoms with van der Waals surface area (Å²) in [4.78, 5) is 3.63. The van der Waals surface area contributed by atoms with E-state index in [4.69, 9.17) is 0 Å². The van der Waals surface area contributed by atoms with Crippen LogP contribution in [0.25, 0.3) is 0 Å². The summed E-state index contributed by atoms with van der Waals surface area (Å²) in [5.41, 5.74) is -0.544. The number of halogens is 1. The molecular weight excluding hydrogens is 157 g/mol. The Bertz CT molecular complexity index is 315. The zero-order chi connectivity index (χ0) is 8.77. The predicted octanol–water partition coefficient (Wildman–Crippen LogP) is 1.45. The van der Waals surface area contributed by atoms with Gasteiger partial charge < -0.3 is 5.11 Å². The van der Waals surface area contributed by atoms with Crippen LogP contribution in [0.5, 0.6) is 0 Å². The number of pyridine rings is 1. The van der Waals surface area contributed by atoms with Crippen molar-refractivity contribution in [3.63, 3.8) is 0 Å². The fourth-order valence-electron chi connectivity index (χ4n) is 1.51. The van der Waals surface area contributed by atoms with Gasteiger partial charge in [-0.1, -0.05) is 6.92 Å². The monoisotopic (exact) mass is 167 g/mol. The van der Waals surface area contributed by atoms with Crippen LogP contribution in [0.15, 0.2) is 18.5 Å². The fraction of sp³-hybridized carbons (Fsp3) is 0.444. The molecule has 12 heavy (non-hydrogen) atoms. The van der Waals surface area contributed by atoms with Gasteiger partial charge in [-0.3, -0.25) is 4.98 Å². The second kappa shape index (κ2) is 2.26. The summed E-state index contributed by atoms with van der Waals surface area (Å²) < 4.78 is 13.1. The van der Waals surface area contributed by atoms with E-state index in [0.29, 0.717) is 12.0 Å². The third kappa shape index (κ3) is 0.932. The minimum Gasteiger partial charge on any atom is -0.385 e. The molecule has 2 nitrogen and oxygen atoms in total. The summed E-state index contributed by atoms with van der Waals surface area (Å²) >= 11 is 0. The molecule has 1 aromatic heterocycles. The smallest absolute Gasteiger partial charge is 0.147 e. The van der Waals surface area contributed by atoms with Crippen molar-refractivity contribution in [1.82, 2.24) is 4.98 Å². The first-order chi connectivity index (χ1) is 5.64. The molecule has 2 atom stereocenters. The van der Waals surface area contributed by atoms with Gasteiger partial charge >= 0.3 is 0 Å². The Morgan fingerprint density at radius 2 is 2.42 bits per heavy atom. The fourth-order valence-corrected chi connectivity index (χ4v) is 1.51. The molecule has 1 aromatic rings. The number of hydrogen-bond donors (Lipinski definition) is 1. The number of nitrogens with zero attached hydrogens (tertiary/aromatic N) is 1. The van der Waals surface area contributed by atoms with Gasteiger partial charge in [-0.2, -0.15) is 0 Å². The Kier molecular flexibility index (Phi) is 1.45. The summed E-state index contributed by atoms with van der Waals surface area (Å²) in [5, 5.41) is 9.78. The first-order valence-corrected chi connectivity index (χ1v) is 3.97. The molecule has 64 valence electrons. The molecule has 1 saturated carbocycles. The van der Waals surface area contributed by atoms with Crippen LogP contribution in [0.2, 0.25) is 0 Å². The van der Waals surface area contributed by atoms with Crippen molar-refractivity contribution in [2.45, 2.75) is 18.9 Å². The second-order valence-corrected chi connectivity index (χ2v) is 3.38. The van der Waals surface area contributed by atoms with Crippen LogP contribution in [-0.2, 0) is 5.60 Å². The lowest BCUT2D eigenvalue weighted by atomic mass is 10.1. The number of aliphatic hydroxyl groups is 1. The van der Waals surface area contributed by atoms with Crippen LogP contribution >= 0.6 is 0 Å². The molecule has 1 N–H and O–H groups in total. The Morgan fingerprint density at radius 3 is 2.92 bits per heavy atom. The Morgan fingerprint density at radius 1 is 1.75 bits per heavy atom. The molecule has 0 spiro atoms. The Labute approximate surface area is 70.1 Å². The van der Waals surface area contributed by atoms with Gasteiger partial charge in [0.1, 0.15) is 5.82 Å². The molecule has 1 fully saturated rings. The van der Waals surface area contributed by atoms with E-state index in [2.05, 4.69) is 4.98 Å². The summed E-state index contributed by atoms with van der Waals surface area (Å²) in [6.45, 7) is 1.90. The molecule has 1 heterocycles. The molecule has 0 amide bonds. The molecule has 0 radical (unpaired) electrons. The molecule has 1 aliphatic rings. The number of rotatable bonds is 1. The zero-order valence-corrected chi connectivity index (χ0v) is 6.79. The summed E-state index contributed by atoms with van der Waals surface area (Å²) in [6.07, 6.45) is 3.29. The Balaban J connectivity index is 2.41. The first-order valence-electron chi connectivity index (χ1n) is 3.97. The van der Waals surface area contributed by atoms with E-state index < -0.39 is 11.4 Å². The molecular formula is C9H10FNO. The molecule has 0 aromatic carbocycles. The van der Waals surface area contributed by atoms with E-state index in [0.717, 1.165) is 6.20 Å². The molecule has 1 aliphatic carbocycles. The van der Waals surface area contributed by atoms with Crippen molar-refractivity contribution < 1.29 is 9.50 Å². The maximum absolute atomic E-state index is 13.1. The van der Waals surface area contributed by atoms with Crippen molar-refractivity contribution in [1.29, 1.82) is 0 Å². The highest BCUT2D eigenvalue weighted by Crippen LogP contribution is 2.51. The molecule has 0 saturated heterocycles. The normalized spacial score (nSPS) is 33.4. The maximum Gasteiger partial charge on any atom is 0.147 e. The molecule has 0 aliphatic heterocycles. The van der Waals surface area contributed by atoms with Gasteiger partial charge in [-0.25, -0.2) is 4.39 Å². The average Bonchev–Trinajstić information content (AvgIpc) is 2.61. The molecule has 3 heteroatoms. The Hall–Kier alpha value is -0.960. The topological polar surface area (TPSA) is 33.1 Å². The quantitative estimate of drug-likeness (QED) is 0.686. The van der Waals surface area contributed by atoms with E-state index in [-0.39, 0.29) is 5.92 Å². The van der Waals surface area contributed by atoms with Crippen molar-refractivity contribution in [2.75, 3.05) is 0 Å². The summed E-state index contributed by atoms with van der Waals surface area (Å²) in [7, 11) is 0. The average molecular weight is 167 g/mol. The molecule has 0 bridgehead atoms. The van der Waals surface area contributed by atoms with Crippen molar-refractivity contribution in [2.24, 2.45) is 5.92 Å². The van der Waals surface area contributed by atoms with Crippen molar-refractivity contribution >= 4 is 0 Å². The highest BCUT2D eigenvalue weighted by atomic mass is 19.1. The van der Waals surface area contributed by atoms with Crippen LogP contribution < -0.4 is 0 Å². The third-order valence-electron chi connectivity index (χ3n) is 2.51. The van der Waals surface area contributed by atoms with E-state index in [1.54, 1.807) is 6.07 Å². The van der Waals surface area contributed by atoms with Crippen LogP contribution in [0.1, 0.15) is 18.9 Å².